The molecule has 3 aromatic heterocycles. The first-order valence-corrected chi connectivity index (χ1v) is 30.2. The number of aryl methyl sites for hydroxylation is 4. The molecule has 9 rings (SSSR count). The summed E-state index contributed by atoms with van der Waals surface area (Å²) in [6.07, 6.45) is 5.39. The Labute approximate surface area is 489 Å². The Bertz CT molecular complexity index is 3410. The third-order valence-corrected chi connectivity index (χ3v) is 20.3. The van der Waals surface area contributed by atoms with Gasteiger partial charge in [-0.05, 0) is 180 Å². The van der Waals surface area contributed by atoms with Gasteiger partial charge in [-0.1, -0.05) is 40.2 Å². The number of hydrogen-bond donors (Lipinski definition) is 10. The number of ether oxygens (including phenoxy) is 1. The highest BCUT2D eigenvalue weighted by Gasteiger charge is 2.68. The van der Waals surface area contributed by atoms with Crippen molar-refractivity contribution < 1.29 is 58.7 Å². The lowest BCUT2D eigenvalue weighted by atomic mass is 9.45. The van der Waals surface area contributed by atoms with Crippen LogP contribution >= 0.6 is 0 Å². The number of carbonyl (C=O) groups is 7. The van der Waals surface area contributed by atoms with Gasteiger partial charge in [0.15, 0.2) is 12.4 Å². The van der Waals surface area contributed by atoms with E-state index in [9.17, 15) is 54.0 Å². The van der Waals surface area contributed by atoms with Gasteiger partial charge in [-0.3, -0.25) is 29.0 Å². The molecule has 0 radical (unpaired) electrons. The predicted molar refractivity (Wildman–Crippen MR) is 316 cm³/mol. The number of carboxylic acid groups (broad SMARTS) is 2. The Morgan fingerprint density at radius 2 is 1.55 bits per heavy atom. The lowest BCUT2D eigenvalue weighted by molar-refractivity contribution is -0.182. The van der Waals surface area contributed by atoms with E-state index in [2.05, 4.69) is 45.8 Å². The largest absolute Gasteiger partial charge is 0.481 e. The summed E-state index contributed by atoms with van der Waals surface area (Å²) in [4.78, 5) is 111. The second-order valence-corrected chi connectivity index (χ2v) is 24.9. The van der Waals surface area contributed by atoms with Crippen LogP contribution in [-0.2, 0) is 52.8 Å². The van der Waals surface area contributed by atoms with Crippen molar-refractivity contribution in [1.82, 2.24) is 35.9 Å². The van der Waals surface area contributed by atoms with Crippen LogP contribution in [0.1, 0.15) is 181 Å². The second-order valence-electron chi connectivity index (χ2n) is 24.9. The zero-order chi connectivity index (χ0) is 60.7. The molecule has 3 aromatic rings. The van der Waals surface area contributed by atoms with Crippen LogP contribution < -0.4 is 21.7 Å². The van der Waals surface area contributed by atoms with E-state index in [4.69, 9.17) is 20.4 Å². The van der Waals surface area contributed by atoms with Crippen LogP contribution in [0, 0.1) is 42.4 Å². The number of ketones is 2. The Balaban J connectivity index is 0.923. The molecular weight excluding hydrogens is 1070 g/mol. The summed E-state index contributed by atoms with van der Waals surface area (Å²) in [7, 11) is 0. The standard InChI is InChI=1S/C64H84N8O12/c1-9-38-32(3)45-27-47-34(5)40(16-17-54(77)78)57(70-47)42(58-55(60(80)81)35(6)48(71-58)29-50-39(10-2)33(4)46(69-50)28-49(38)68-45)26-53(76)66-23-24-67-59(79)44(13-11-12-22-65)72-61(82)84-31-52(75)64(83)21-19-43-41-15-14-36-25-37(73)18-20-62(36,7)56(41)51(74)30-63(43,64)8/h25,27-29,34,40-41,43-44,51,56,68-69,74,83H,9-24,26,30-31,65H2,1-8H3,(H,66,76)(H,67,79)(H,72,82)(H,77,78)(H,80,81)/t34-,40-,41-,43-,44-,51-,56+,62-,63-,64-/m0/s1. The van der Waals surface area contributed by atoms with Gasteiger partial charge in [0.05, 0.1) is 35.2 Å². The number of aromatic nitrogens is 4. The number of carbonyl (C=O) groups excluding carboxylic acids is 5. The molecule has 8 bridgehead atoms. The summed E-state index contributed by atoms with van der Waals surface area (Å²) in [5, 5.41) is 53.2. The quantitative estimate of drug-likeness (QED) is 0.0486. The minimum absolute atomic E-state index is 0.0270. The Morgan fingerprint density at radius 3 is 2.21 bits per heavy atom. The van der Waals surface area contributed by atoms with Gasteiger partial charge >= 0.3 is 18.0 Å². The number of aliphatic carboxylic acids is 2. The van der Waals surface area contributed by atoms with Crippen LogP contribution in [0.15, 0.2) is 29.8 Å². The molecule has 6 aliphatic rings. The fourth-order valence-corrected chi connectivity index (χ4v) is 15.7. The van der Waals surface area contributed by atoms with E-state index in [1.807, 2.05) is 46.8 Å². The van der Waals surface area contributed by atoms with E-state index in [0.29, 0.717) is 67.7 Å². The number of nitrogens with zero attached hydrogens (tertiary/aromatic N) is 2. The Hall–Kier alpha value is -7.03. The minimum atomic E-state index is -1.88. The van der Waals surface area contributed by atoms with Gasteiger partial charge in [-0.2, -0.15) is 0 Å². The zero-order valence-corrected chi connectivity index (χ0v) is 49.8. The van der Waals surface area contributed by atoms with Crippen LogP contribution in [0.5, 0.6) is 0 Å². The molecular formula is C64H84N8O12. The van der Waals surface area contributed by atoms with Crippen molar-refractivity contribution in [3.8, 4) is 0 Å². The number of alkyl carbamates (subject to hydrolysis) is 1. The number of unbranched alkanes of at least 4 members (excludes halogenated alkanes) is 1. The van der Waals surface area contributed by atoms with Crippen molar-refractivity contribution in [1.29, 1.82) is 0 Å². The zero-order valence-electron chi connectivity index (χ0n) is 49.8. The molecule has 0 unspecified atom stereocenters. The van der Waals surface area contributed by atoms with Gasteiger partial charge in [0.2, 0.25) is 17.6 Å². The number of Topliss-reactive ketones (excluding diaryl/α,β-unsaturated/α-hetero) is 1. The molecule has 20 nitrogen and oxygen atoms in total. The maximum atomic E-state index is 14.3. The molecule has 0 aromatic carbocycles. The van der Waals surface area contributed by atoms with Crippen molar-refractivity contribution in [2.75, 3.05) is 26.2 Å². The molecule has 84 heavy (non-hydrogen) atoms. The van der Waals surface area contributed by atoms with Crippen LogP contribution in [-0.4, -0.2) is 126 Å². The lowest BCUT2D eigenvalue weighted by Crippen LogP contribution is -2.62. The highest BCUT2D eigenvalue weighted by Crippen LogP contribution is 2.67. The van der Waals surface area contributed by atoms with Crippen molar-refractivity contribution in [3.63, 3.8) is 0 Å². The van der Waals surface area contributed by atoms with Gasteiger partial charge in [0, 0.05) is 76.5 Å². The van der Waals surface area contributed by atoms with Gasteiger partial charge in [-0.15, -0.1) is 0 Å². The normalized spacial score (nSPS) is 26.6. The van der Waals surface area contributed by atoms with E-state index in [-0.39, 0.29) is 96.9 Å². The van der Waals surface area contributed by atoms with E-state index >= 15 is 0 Å². The van der Waals surface area contributed by atoms with Crippen LogP contribution in [0.2, 0.25) is 0 Å². The SMILES string of the molecule is CCc1c(C)c2cc3[nH]c(cc4nc(c(CC(=O)NCCNC(=O)[C@H](CCCCN)NC(=O)OCC(=O)[C@@]5(O)CC[C@H]6[C@@H]7CCC8=CC(=O)CC[C@]8(C)[C@H]7[C@@H](O)C[C@@]65C)c5nc(cc1[nH]2)C(C)=C5C(=O)O)[C@@H](CCC(=O)O)[C@@H]4C)c(C)c3CC. The number of amides is 3. The lowest BCUT2D eigenvalue weighted by Gasteiger charge is -2.60. The van der Waals surface area contributed by atoms with E-state index in [1.165, 1.54) is 0 Å². The van der Waals surface area contributed by atoms with Crippen molar-refractivity contribution >= 4 is 74.6 Å². The van der Waals surface area contributed by atoms with E-state index in [1.54, 1.807) is 13.0 Å². The van der Waals surface area contributed by atoms with E-state index in [0.717, 1.165) is 69.2 Å². The first kappa shape index (κ1) is 61.5. The molecule has 2 aliphatic heterocycles. The maximum Gasteiger partial charge on any atom is 0.408 e. The van der Waals surface area contributed by atoms with Gasteiger partial charge < -0.3 is 56.8 Å². The number of nitrogens with two attached hydrogens (primary N) is 1. The van der Waals surface area contributed by atoms with Crippen molar-refractivity contribution in [3.05, 3.63) is 80.4 Å². The maximum absolute atomic E-state index is 14.3. The molecule has 0 spiro atoms. The molecule has 10 atom stereocenters. The van der Waals surface area contributed by atoms with Crippen LogP contribution in [0.25, 0.3) is 33.2 Å². The third-order valence-electron chi connectivity index (χ3n) is 20.3. The summed E-state index contributed by atoms with van der Waals surface area (Å²) in [5.74, 6) is -5.07. The minimum Gasteiger partial charge on any atom is -0.481 e. The molecule has 4 aliphatic carbocycles. The monoisotopic (exact) mass is 1160 g/mol. The third kappa shape index (κ3) is 11.4. The average Bonchev–Trinajstić information content (AvgIpc) is 3.04. The van der Waals surface area contributed by atoms with Gasteiger partial charge in [0.25, 0.3) is 0 Å². The first-order chi connectivity index (χ1) is 39.9. The summed E-state index contributed by atoms with van der Waals surface area (Å²) >= 11 is 0. The molecule has 11 N–H and O–H groups in total. The summed E-state index contributed by atoms with van der Waals surface area (Å²) in [5.41, 5.74) is 13.1. The highest BCUT2D eigenvalue weighted by atomic mass is 16.6. The number of nitrogens with one attached hydrogen (secondary N) is 5. The number of rotatable bonds is 20. The Kier molecular flexibility index (Phi) is 18.0. The van der Waals surface area contributed by atoms with Crippen LogP contribution in [0.4, 0.5) is 4.79 Å². The topological polar surface area (TPSA) is 329 Å². The first-order valence-electron chi connectivity index (χ1n) is 30.2. The van der Waals surface area contributed by atoms with Crippen molar-refractivity contribution in [2.24, 2.45) is 34.3 Å². The fraction of sp³-hybridized carbons (Fsp3) is 0.578. The molecule has 3 saturated carbocycles. The highest BCUT2D eigenvalue weighted by molar-refractivity contribution is 6.24. The average molecular weight is 1160 g/mol. The number of allylic oxidation sites excluding steroid dienone is 2. The number of aliphatic hydroxyl groups is 2. The second kappa shape index (κ2) is 24.5. The molecule has 3 amide bonds. The number of hydrogen-bond acceptors (Lipinski definition) is 13. The molecule has 3 fully saturated rings. The van der Waals surface area contributed by atoms with Gasteiger partial charge in [0.1, 0.15) is 11.6 Å². The van der Waals surface area contributed by atoms with E-state index < -0.39 is 77.7 Å². The molecule has 20 heteroatoms. The number of H-pyrrole nitrogens is 2. The van der Waals surface area contributed by atoms with Gasteiger partial charge in [-0.25, -0.2) is 14.6 Å². The Morgan fingerprint density at radius 1 is 0.869 bits per heavy atom. The molecule has 452 valence electrons. The smallest absolute Gasteiger partial charge is 0.408 e. The number of fused-ring (bicyclic) bond motifs is 13. The summed E-state index contributed by atoms with van der Waals surface area (Å²) in [6, 6.07) is 4.74. The van der Waals surface area contributed by atoms with Crippen LogP contribution in [0.3, 0.4) is 0 Å². The molecule has 5 heterocycles. The fourth-order valence-electron chi connectivity index (χ4n) is 15.7. The number of carboxylic acids is 2. The number of aliphatic hydroxyl groups excluding tert-OH is 1. The van der Waals surface area contributed by atoms with Crippen molar-refractivity contribution in [2.45, 2.75) is 181 Å². The summed E-state index contributed by atoms with van der Waals surface area (Å²) < 4.78 is 5.45. The summed E-state index contributed by atoms with van der Waals surface area (Å²) in [6.45, 7) is 15.2. The predicted octanol–water partition coefficient (Wildman–Crippen LogP) is 7.63. The number of aromatic amines is 2. The molecule has 0 saturated heterocycles.